The third-order valence-electron chi connectivity index (χ3n) is 1.92. The Hall–Kier alpha value is -0.150. The number of hydrogen-bond acceptors (Lipinski definition) is 2. The van der Waals surface area contributed by atoms with E-state index in [0.717, 1.165) is 25.9 Å². The van der Waals surface area contributed by atoms with Crippen molar-refractivity contribution in [1.29, 1.82) is 0 Å². The van der Waals surface area contributed by atoms with Gasteiger partial charge in [0.2, 0.25) is 0 Å². The number of rotatable bonds is 4. The zero-order valence-electron chi connectivity index (χ0n) is 6.81. The van der Waals surface area contributed by atoms with E-state index in [1.807, 2.05) is 0 Å². The Labute approximate surface area is 67.1 Å². The second-order valence-electron chi connectivity index (χ2n) is 2.86. The molecule has 66 valence electrons. The second-order valence-corrected chi connectivity index (χ2v) is 2.86. The molecule has 0 radical (unpaired) electrons. The van der Waals surface area contributed by atoms with Gasteiger partial charge in [-0.2, -0.15) is 0 Å². The van der Waals surface area contributed by atoms with Gasteiger partial charge in [0.05, 0.1) is 12.8 Å². The minimum atomic E-state index is -0.259. The highest BCUT2D eigenvalue weighted by Crippen LogP contribution is 2.07. The van der Waals surface area contributed by atoms with E-state index in [9.17, 15) is 4.39 Å². The van der Waals surface area contributed by atoms with Crippen LogP contribution in [-0.4, -0.2) is 32.5 Å². The van der Waals surface area contributed by atoms with Gasteiger partial charge in [-0.15, -0.1) is 0 Å². The number of nitrogens with one attached hydrogen (secondary N) is 1. The quantitative estimate of drug-likeness (QED) is 0.624. The molecular formula is C8H16FNO. The molecule has 1 fully saturated rings. The van der Waals surface area contributed by atoms with Gasteiger partial charge < -0.3 is 10.1 Å². The molecule has 0 spiro atoms. The zero-order valence-corrected chi connectivity index (χ0v) is 6.81. The lowest BCUT2D eigenvalue weighted by Gasteiger charge is -2.22. The molecule has 0 amide bonds. The van der Waals surface area contributed by atoms with Crippen LogP contribution in [0.3, 0.4) is 0 Å². The molecule has 3 heteroatoms. The van der Waals surface area contributed by atoms with E-state index in [4.69, 9.17) is 4.74 Å². The van der Waals surface area contributed by atoms with E-state index in [1.54, 1.807) is 0 Å². The fourth-order valence-electron chi connectivity index (χ4n) is 1.27. The van der Waals surface area contributed by atoms with Gasteiger partial charge in [-0.1, -0.05) is 0 Å². The average molecular weight is 161 g/mol. The Balaban J connectivity index is 1.96. The van der Waals surface area contributed by atoms with Crippen LogP contribution in [0.2, 0.25) is 0 Å². The Morgan fingerprint density at radius 1 is 1.36 bits per heavy atom. The molecule has 0 bridgehead atoms. The van der Waals surface area contributed by atoms with Crippen molar-refractivity contribution in [2.45, 2.75) is 25.4 Å². The fraction of sp³-hybridized carbons (Fsp3) is 1.00. The average Bonchev–Trinajstić information content (AvgIpc) is 2.07. The number of alkyl halides is 1. The third-order valence-corrected chi connectivity index (χ3v) is 1.92. The lowest BCUT2D eigenvalue weighted by molar-refractivity contribution is 0.0294. The predicted molar refractivity (Wildman–Crippen MR) is 42.4 cm³/mol. The summed E-state index contributed by atoms with van der Waals surface area (Å²) in [5.41, 5.74) is 0. The molecule has 0 aromatic heterocycles. The Bertz CT molecular complexity index is 94.1. The Kier molecular flexibility index (Phi) is 4.47. The van der Waals surface area contributed by atoms with Crippen molar-refractivity contribution in [2.24, 2.45) is 0 Å². The normalized spacial score (nSPS) is 20.5. The molecular weight excluding hydrogens is 145 g/mol. The summed E-state index contributed by atoms with van der Waals surface area (Å²) in [6.45, 7) is 2.41. The zero-order chi connectivity index (χ0) is 7.94. The van der Waals surface area contributed by atoms with Crippen molar-refractivity contribution < 1.29 is 9.13 Å². The van der Waals surface area contributed by atoms with E-state index in [2.05, 4.69) is 5.32 Å². The van der Waals surface area contributed by atoms with Gasteiger partial charge in [-0.3, -0.25) is 4.39 Å². The van der Waals surface area contributed by atoms with Crippen LogP contribution in [0.4, 0.5) is 4.39 Å². The highest BCUT2D eigenvalue weighted by atomic mass is 19.1. The molecule has 0 aromatic carbocycles. The SMILES string of the molecule is FCCCOC1CCNCC1. The third kappa shape index (κ3) is 3.68. The van der Waals surface area contributed by atoms with E-state index in [1.165, 1.54) is 0 Å². The summed E-state index contributed by atoms with van der Waals surface area (Å²) in [6, 6.07) is 0. The molecule has 1 aliphatic heterocycles. The number of piperidine rings is 1. The molecule has 1 saturated heterocycles. The van der Waals surface area contributed by atoms with Crippen molar-refractivity contribution >= 4 is 0 Å². The number of ether oxygens (including phenoxy) is 1. The number of hydrogen-bond donors (Lipinski definition) is 1. The summed E-state index contributed by atoms with van der Waals surface area (Å²) < 4.78 is 17.1. The summed E-state index contributed by atoms with van der Waals surface area (Å²) in [4.78, 5) is 0. The maximum absolute atomic E-state index is 11.7. The van der Waals surface area contributed by atoms with Crippen LogP contribution in [0.25, 0.3) is 0 Å². The first-order chi connectivity index (χ1) is 5.43. The van der Waals surface area contributed by atoms with Crippen LogP contribution in [0, 0.1) is 0 Å². The molecule has 11 heavy (non-hydrogen) atoms. The minimum absolute atomic E-state index is 0.259. The Morgan fingerprint density at radius 2 is 2.09 bits per heavy atom. The summed E-state index contributed by atoms with van der Waals surface area (Å²) in [5.74, 6) is 0. The van der Waals surface area contributed by atoms with Crippen molar-refractivity contribution in [2.75, 3.05) is 26.4 Å². The second kappa shape index (κ2) is 5.49. The van der Waals surface area contributed by atoms with Gasteiger partial charge in [-0.25, -0.2) is 0 Å². The summed E-state index contributed by atoms with van der Waals surface area (Å²) in [7, 11) is 0. The molecule has 0 saturated carbocycles. The largest absolute Gasteiger partial charge is 0.378 e. The molecule has 2 nitrogen and oxygen atoms in total. The molecule has 1 N–H and O–H groups in total. The van der Waals surface area contributed by atoms with Crippen molar-refractivity contribution in [1.82, 2.24) is 5.32 Å². The van der Waals surface area contributed by atoms with Gasteiger partial charge in [0.15, 0.2) is 0 Å². The van der Waals surface area contributed by atoms with Gasteiger partial charge in [-0.05, 0) is 32.4 Å². The van der Waals surface area contributed by atoms with E-state index >= 15 is 0 Å². The first-order valence-electron chi connectivity index (χ1n) is 4.32. The summed E-state index contributed by atoms with van der Waals surface area (Å²) in [5, 5.41) is 3.25. The van der Waals surface area contributed by atoms with Crippen LogP contribution in [0.15, 0.2) is 0 Å². The minimum Gasteiger partial charge on any atom is -0.378 e. The topological polar surface area (TPSA) is 21.3 Å². The molecule has 0 atom stereocenters. The van der Waals surface area contributed by atoms with Crippen LogP contribution < -0.4 is 5.32 Å². The van der Waals surface area contributed by atoms with E-state index in [-0.39, 0.29) is 6.67 Å². The Morgan fingerprint density at radius 3 is 2.73 bits per heavy atom. The smallest absolute Gasteiger partial charge is 0.0916 e. The number of halogens is 1. The van der Waals surface area contributed by atoms with Crippen molar-refractivity contribution in [3.63, 3.8) is 0 Å². The van der Waals surface area contributed by atoms with Crippen molar-refractivity contribution in [3.05, 3.63) is 0 Å². The summed E-state index contributed by atoms with van der Waals surface area (Å²) in [6.07, 6.45) is 3.07. The first kappa shape index (κ1) is 8.94. The van der Waals surface area contributed by atoms with E-state index in [0.29, 0.717) is 19.1 Å². The molecule has 1 rings (SSSR count). The molecule has 0 unspecified atom stereocenters. The van der Waals surface area contributed by atoms with Gasteiger partial charge in [0.1, 0.15) is 0 Å². The van der Waals surface area contributed by atoms with Gasteiger partial charge >= 0.3 is 0 Å². The molecule has 0 aliphatic carbocycles. The van der Waals surface area contributed by atoms with Crippen LogP contribution in [0.1, 0.15) is 19.3 Å². The van der Waals surface area contributed by atoms with Gasteiger partial charge in [0, 0.05) is 6.61 Å². The maximum atomic E-state index is 11.7. The van der Waals surface area contributed by atoms with Crippen LogP contribution >= 0.6 is 0 Å². The maximum Gasteiger partial charge on any atom is 0.0916 e. The monoisotopic (exact) mass is 161 g/mol. The van der Waals surface area contributed by atoms with Crippen LogP contribution in [-0.2, 0) is 4.74 Å². The van der Waals surface area contributed by atoms with Gasteiger partial charge in [0.25, 0.3) is 0 Å². The lowest BCUT2D eigenvalue weighted by Crippen LogP contribution is -2.32. The molecule has 1 heterocycles. The predicted octanol–water partition coefficient (Wildman–Crippen LogP) is 1.11. The lowest BCUT2D eigenvalue weighted by atomic mass is 10.1. The molecule has 0 aromatic rings. The fourth-order valence-corrected chi connectivity index (χ4v) is 1.27. The van der Waals surface area contributed by atoms with E-state index < -0.39 is 0 Å². The van der Waals surface area contributed by atoms with Crippen LogP contribution in [0.5, 0.6) is 0 Å². The summed E-state index contributed by atoms with van der Waals surface area (Å²) >= 11 is 0. The van der Waals surface area contributed by atoms with Crippen molar-refractivity contribution in [3.8, 4) is 0 Å². The molecule has 1 aliphatic rings. The highest BCUT2D eigenvalue weighted by Gasteiger charge is 2.12. The standard InChI is InChI=1S/C8H16FNO/c9-4-1-7-11-8-2-5-10-6-3-8/h8,10H,1-7H2. The highest BCUT2D eigenvalue weighted by molar-refractivity contribution is 4.67. The first-order valence-corrected chi connectivity index (χ1v) is 4.32.